The van der Waals surface area contributed by atoms with Gasteiger partial charge in [-0.05, 0) is 55.3 Å². The van der Waals surface area contributed by atoms with E-state index >= 15 is 0 Å². The standard InChI is InChI=1S/C24H25NO2/c1-15-7-8-17-13-19-18-9-10-20(26)23-24(18,21(17)22(15)27-23)11-12-25(19)14-16-5-3-2-4-6-16/h2-8,18-19,23H,9-14H2,1H3/t18-,19+,23-,24-/m1/s1. The average molecular weight is 359 g/mol. The summed E-state index contributed by atoms with van der Waals surface area (Å²) in [7, 11) is 0. The first kappa shape index (κ1) is 15.9. The SMILES string of the molecule is Cc1ccc2c3c1O[C@@H]1C(=O)CC[C@@H]4[C@H](C2)N(Cc2ccccc2)CC[C@@]314. The molecule has 4 aliphatic rings. The highest BCUT2D eigenvalue weighted by Gasteiger charge is 2.65. The van der Waals surface area contributed by atoms with Gasteiger partial charge in [0.15, 0.2) is 11.9 Å². The molecular weight excluding hydrogens is 334 g/mol. The Morgan fingerprint density at radius 2 is 2.04 bits per heavy atom. The zero-order valence-corrected chi connectivity index (χ0v) is 15.8. The Bertz CT molecular complexity index is 937. The maximum Gasteiger partial charge on any atom is 0.174 e. The van der Waals surface area contributed by atoms with E-state index in [9.17, 15) is 4.79 Å². The van der Waals surface area contributed by atoms with Crippen LogP contribution in [-0.4, -0.2) is 29.4 Å². The van der Waals surface area contributed by atoms with E-state index in [2.05, 4.69) is 54.3 Å². The fourth-order valence-corrected chi connectivity index (χ4v) is 6.57. The highest BCUT2D eigenvalue weighted by Crippen LogP contribution is 2.62. The molecule has 2 aliphatic heterocycles. The van der Waals surface area contributed by atoms with E-state index in [0.29, 0.717) is 24.2 Å². The van der Waals surface area contributed by atoms with Gasteiger partial charge in [0.2, 0.25) is 0 Å². The number of ether oxygens (including phenoxy) is 1. The zero-order chi connectivity index (χ0) is 18.2. The van der Waals surface area contributed by atoms with Crippen LogP contribution in [0.3, 0.4) is 0 Å². The van der Waals surface area contributed by atoms with Crippen LogP contribution in [0.2, 0.25) is 0 Å². The molecule has 2 bridgehead atoms. The van der Waals surface area contributed by atoms with Crippen molar-refractivity contribution in [2.24, 2.45) is 5.92 Å². The molecule has 4 atom stereocenters. The molecule has 0 radical (unpaired) electrons. The molecule has 2 heterocycles. The smallest absolute Gasteiger partial charge is 0.174 e. The van der Waals surface area contributed by atoms with Gasteiger partial charge in [-0.2, -0.15) is 0 Å². The molecular formula is C24H25NO2. The summed E-state index contributed by atoms with van der Waals surface area (Å²) in [5, 5.41) is 0. The van der Waals surface area contributed by atoms with Crippen LogP contribution in [0.5, 0.6) is 5.75 Å². The molecule has 2 aromatic rings. The summed E-state index contributed by atoms with van der Waals surface area (Å²) < 4.78 is 6.41. The van der Waals surface area contributed by atoms with Gasteiger partial charge in [-0.25, -0.2) is 0 Å². The number of benzene rings is 2. The van der Waals surface area contributed by atoms with Crippen molar-refractivity contribution in [2.45, 2.75) is 56.7 Å². The lowest BCUT2D eigenvalue weighted by atomic mass is 9.51. The number of likely N-dealkylation sites (tertiary alicyclic amines) is 1. The number of ketones is 1. The molecule has 2 fully saturated rings. The molecule has 3 nitrogen and oxygen atoms in total. The number of carbonyl (C=O) groups is 1. The van der Waals surface area contributed by atoms with Crippen molar-refractivity contribution in [1.82, 2.24) is 4.90 Å². The Hall–Kier alpha value is -2.13. The number of hydrogen-bond donors (Lipinski definition) is 0. The van der Waals surface area contributed by atoms with Crippen molar-refractivity contribution in [2.75, 3.05) is 6.54 Å². The van der Waals surface area contributed by atoms with Crippen LogP contribution in [0.25, 0.3) is 0 Å². The number of rotatable bonds is 2. The van der Waals surface area contributed by atoms with E-state index in [4.69, 9.17) is 4.74 Å². The molecule has 1 saturated heterocycles. The van der Waals surface area contributed by atoms with Gasteiger partial charge in [0.1, 0.15) is 5.75 Å². The maximum absolute atomic E-state index is 12.9. The lowest BCUT2D eigenvalue weighted by Crippen LogP contribution is -2.65. The minimum Gasteiger partial charge on any atom is -0.481 e. The summed E-state index contributed by atoms with van der Waals surface area (Å²) in [6.07, 6.45) is 3.58. The van der Waals surface area contributed by atoms with Crippen molar-refractivity contribution in [3.8, 4) is 5.75 Å². The zero-order valence-electron chi connectivity index (χ0n) is 15.8. The first-order chi connectivity index (χ1) is 13.2. The van der Waals surface area contributed by atoms with E-state index in [1.807, 2.05) is 0 Å². The largest absolute Gasteiger partial charge is 0.481 e. The van der Waals surface area contributed by atoms with Crippen LogP contribution < -0.4 is 4.74 Å². The Morgan fingerprint density at radius 1 is 1.19 bits per heavy atom. The highest BCUT2D eigenvalue weighted by atomic mass is 16.5. The average Bonchev–Trinajstić information content (AvgIpc) is 3.04. The summed E-state index contributed by atoms with van der Waals surface area (Å²) in [4.78, 5) is 15.5. The van der Waals surface area contributed by atoms with Gasteiger partial charge in [0.05, 0.1) is 0 Å². The summed E-state index contributed by atoms with van der Waals surface area (Å²) in [5.74, 6) is 1.89. The van der Waals surface area contributed by atoms with E-state index in [-0.39, 0.29) is 11.5 Å². The van der Waals surface area contributed by atoms with Crippen LogP contribution in [0, 0.1) is 12.8 Å². The molecule has 0 unspecified atom stereocenters. The third kappa shape index (κ3) is 1.98. The number of carbonyl (C=O) groups excluding carboxylic acids is 1. The Balaban J connectivity index is 1.47. The molecule has 27 heavy (non-hydrogen) atoms. The van der Waals surface area contributed by atoms with Crippen LogP contribution in [0.4, 0.5) is 0 Å². The van der Waals surface area contributed by atoms with Crippen LogP contribution >= 0.6 is 0 Å². The second-order valence-electron chi connectivity index (χ2n) is 8.87. The lowest BCUT2D eigenvalue weighted by Gasteiger charge is -2.57. The predicted molar refractivity (Wildman–Crippen MR) is 104 cm³/mol. The van der Waals surface area contributed by atoms with Gasteiger partial charge in [0.25, 0.3) is 0 Å². The fraction of sp³-hybridized carbons (Fsp3) is 0.458. The predicted octanol–water partition coefficient (Wildman–Crippen LogP) is 3.80. The van der Waals surface area contributed by atoms with Gasteiger partial charge >= 0.3 is 0 Å². The van der Waals surface area contributed by atoms with Crippen molar-refractivity contribution < 1.29 is 9.53 Å². The van der Waals surface area contributed by atoms with Crippen LogP contribution in [0.15, 0.2) is 42.5 Å². The number of aryl methyl sites for hydroxylation is 1. The number of nitrogens with zero attached hydrogens (tertiary/aromatic N) is 1. The molecule has 138 valence electrons. The molecule has 0 aromatic heterocycles. The van der Waals surface area contributed by atoms with Gasteiger partial charge in [-0.1, -0.05) is 42.5 Å². The summed E-state index contributed by atoms with van der Waals surface area (Å²) in [6.45, 7) is 4.18. The second kappa shape index (κ2) is 5.45. The van der Waals surface area contributed by atoms with E-state index in [0.717, 1.165) is 38.1 Å². The first-order valence-electron chi connectivity index (χ1n) is 10.3. The third-order valence-electron chi connectivity index (χ3n) is 7.67. The maximum atomic E-state index is 12.9. The molecule has 0 amide bonds. The van der Waals surface area contributed by atoms with Gasteiger partial charge in [-0.3, -0.25) is 9.69 Å². The Labute approximate surface area is 160 Å². The minimum atomic E-state index is -0.243. The van der Waals surface area contributed by atoms with Gasteiger partial charge in [-0.15, -0.1) is 0 Å². The fourth-order valence-electron chi connectivity index (χ4n) is 6.57. The lowest BCUT2D eigenvalue weighted by molar-refractivity contribution is -0.139. The number of hydrogen-bond acceptors (Lipinski definition) is 3. The highest BCUT2D eigenvalue weighted by molar-refractivity contribution is 5.89. The van der Waals surface area contributed by atoms with E-state index < -0.39 is 0 Å². The van der Waals surface area contributed by atoms with Gasteiger partial charge in [0, 0.05) is 30.0 Å². The normalized spacial score (nSPS) is 33.5. The van der Waals surface area contributed by atoms with Crippen molar-refractivity contribution in [3.63, 3.8) is 0 Å². The minimum absolute atomic E-state index is 0.0673. The molecule has 3 heteroatoms. The van der Waals surface area contributed by atoms with Crippen LogP contribution in [0.1, 0.15) is 41.5 Å². The molecule has 0 N–H and O–H groups in total. The molecule has 1 saturated carbocycles. The summed E-state index contributed by atoms with van der Waals surface area (Å²) in [5.41, 5.74) is 5.33. The van der Waals surface area contributed by atoms with Gasteiger partial charge < -0.3 is 4.74 Å². The van der Waals surface area contributed by atoms with E-state index in [1.165, 1.54) is 22.3 Å². The third-order valence-corrected chi connectivity index (χ3v) is 7.67. The molecule has 1 spiro atoms. The molecule has 6 rings (SSSR count). The number of piperidine rings is 1. The summed E-state index contributed by atoms with van der Waals surface area (Å²) in [6, 6.07) is 15.8. The van der Waals surface area contributed by atoms with Crippen LogP contribution in [-0.2, 0) is 23.2 Å². The monoisotopic (exact) mass is 359 g/mol. The Morgan fingerprint density at radius 3 is 2.89 bits per heavy atom. The Kier molecular flexibility index (Phi) is 3.20. The van der Waals surface area contributed by atoms with Crippen molar-refractivity contribution >= 4 is 5.78 Å². The molecule has 2 aliphatic carbocycles. The first-order valence-corrected chi connectivity index (χ1v) is 10.3. The topological polar surface area (TPSA) is 29.5 Å². The van der Waals surface area contributed by atoms with Crippen molar-refractivity contribution in [3.05, 3.63) is 64.7 Å². The van der Waals surface area contributed by atoms with Crippen molar-refractivity contribution in [1.29, 1.82) is 0 Å². The quantitative estimate of drug-likeness (QED) is 0.817. The van der Waals surface area contributed by atoms with E-state index in [1.54, 1.807) is 0 Å². The summed E-state index contributed by atoms with van der Waals surface area (Å²) >= 11 is 0. The second-order valence-corrected chi connectivity index (χ2v) is 8.87. The molecule has 2 aromatic carbocycles. The number of Topliss-reactive ketones (excluding diaryl/α,β-unsaturated/α-hetero) is 1.